The van der Waals surface area contributed by atoms with E-state index < -0.39 is 6.43 Å². The molecule has 0 aromatic carbocycles. The van der Waals surface area contributed by atoms with Gasteiger partial charge in [0.15, 0.2) is 0 Å². The molecule has 1 aromatic rings. The molecule has 15 heavy (non-hydrogen) atoms. The number of rotatable bonds is 6. The molecule has 1 rings (SSSR count). The molecule has 0 aliphatic carbocycles. The Bertz CT molecular complexity index is 284. The molecule has 0 radical (unpaired) electrons. The number of aromatic nitrogens is 1. The van der Waals surface area contributed by atoms with Crippen LogP contribution in [0.2, 0.25) is 0 Å². The molecule has 86 valence electrons. The lowest BCUT2D eigenvalue weighted by atomic mass is 10.2. The first kappa shape index (κ1) is 12.2. The maximum Gasteiger partial charge on any atom is 0.256 e. The third-order valence-corrected chi connectivity index (χ3v) is 2.32. The smallest absolute Gasteiger partial charge is 0.256 e. The fourth-order valence-corrected chi connectivity index (χ4v) is 1.47. The van der Waals surface area contributed by atoms with Crippen LogP contribution in [0.4, 0.5) is 8.78 Å². The summed E-state index contributed by atoms with van der Waals surface area (Å²) in [4.78, 5) is 0. The lowest BCUT2D eigenvalue weighted by Crippen LogP contribution is -2.18. The predicted octanol–water partition coefficient (Wildman–Crippen LogP) is 2.81. The first-order valence-electron chi connectivity index (χ1n) is 5.30. The van der Waals surface area contributed by atoms with E-state index in [2.05, 4.69) is 12.2 Å². The quantitative estimate of drug-likeness (QED) is 0.773. The SMILES string of the molecule is CCCNC(C)c1ccn(CC(F)F)c1. The maximum atomic E-state index is 12.1. The van der Waals surface area contributed by atoms with Gasteiger partial charge >= 0.3 is 0 Å². The monoisotopic (exact) mass is 216 g/mol. The van der Waals surface area contributed by atoms with Crippen LogP contribution in [-0.4, -0.2) is 17.5 Å². The molecule has 0 amide bonds. The molecule has 0 bridgehead atoms. The van der Waals surface area contributed by atoms with Crippen LogP contribution in [0.3, 0.4) is 0 Å². The van der Waals surface area contributed by atoms with Crippen molar-refractivity contribution in [2.24, 2.45) is 0 Å². The van der Waals surface area contributed by atoms with Crippen LogP contribution in [0, 0.1) is 0 Å². The second-order valence-electron chi connectivity index (χ2n) is 3.71. The normalized spacial score (nSPS) is 13.4. The summed E-state index contributed by atoms with van der Waals surface area (Å²) in [7, 11) is 0. The van der Waals surface area contributed by atoms with Crippen molar-refractivity contribution in [1.29, 1.82) is 0 Å². The molecule has 1 unspecified atom stereocenters. The molecule has 0 aliphatic rings. The first-order chi connectivity index (χ1) is 7.13. The minimum absolute atomic E-state index is 0.222. The van der Waals surface area contributed by atoms with Gasteiger partial charge in [0.05, 0.1) is 6.54 Å². The predicted molar refractivity (Wildman–Crippen MR) is 57.1 cm³/mol. The highest BCUT2D eigenvalue weighted by molar-refractivity contribution is 5.14. The molecule has 4 heteroatoms. The van der Waals surface area contributed by atoms with Crippen molar-refractivity contribution < 1.29 is 8.78 Å². The fourth-order valence-electron chi connectivity index (χ4n) is 1.47. The number of hydrogen-bond acceptors (Lipinski definition) is 1. The van der Waals surface area contributed by atoms with Crippen molar-refractivity contribution >= 4 is 0 Å². The Morgan fingerprint density at radius 3 is 2.80 bits per heavy atom. The minimum atomic E-state index is -2.29. The molecule has 0 aliphatic heterocycles. The third-order valence-electron chi connectivity index (χ3n) is 2.32. The molecule has 0 spiro atoms. The zero-order valence-electron chi connectivity index (χ0n) is 9.21. The molecular weight excluding hydrogens is 198 g/mol. The van der Waals surface area contributed by atoms with Crippen LogP contribution in [0.5, 0.6) is 0 Å². The molecule has 1 aromatic heterocycles. The number of alkyl halides is 2. The van der Waals surface area contributed by atoms with Gasteiger partial charge in [-0.3, -0.25) is 0 Å². The van der Waals surface area contributed by atoms with Crippen LogP contribution in [0.15, 0.2) is 18.5 Å². The van der Waals surface area contributed by atoms with Gasteiger partial charge in [-0.25, -0.2) is 8.78 Å². The molecule has 0 fully saturated rings. The summed E-state index contributed by atoms with van der Waals surface area (Å²) in [6, 6.07) is 2.11. The lowest BCUT2D eigenvalue weighted by Gasteiger charge is -2.11. The Balaban J connectivity index is 2.51. The number of hydrogen-bond donors (Lipinski definition) is 1. The first-order valence-corrected chi connectivity index (χ1v) is 5.30. The van der Waals surface area contributed by atoms with Crippen molar-refractivity contribution in [2.75, 3.05) is 6.54 Å². The van der Waals surface area contributed by atoms with Gasteiger partial charge in [-0.15, -0.1) is 0 Å². The topological polar surface area (TPSA) is 17.0 Å². The summed E-state index contributed by atoms with van der Waals surface area (Å²) in [6.45, 7) is 4.86. The summed E-state index contributed by atoms with van der Waals surface area (Å²) < 4.78 is 25.7. The van der Waals surface area contributed by atoms with E-state index >= 15 is 0 Å². The van der Waals surface area contributed by atoms with Gasteiger partial charge in [0.1, 0.15) is 0 Å². The minimum Gasteiger partial charge on any atom is -0.348 e. The summed E-state index contributed by atoms with van der Waals surface area (Å²) in [5.41, 5.74) is 1.06. The van der Waals surface area contributed by atoms with Crippen LogP contribution < -0.4 is 5.32 Å². The van der Waals surface area contributed by atoms with Gasteiger partial charge in [0.2, 0.25) is 0 Å². The molecule has 1 N–H and O–H groups in total. The summed E-state index contributed by atoms with van der Waals surface area (Å²) in [5, 5.41) is 3.31. The van der Waals surface area contributed by atoms with Crippen molar-refractivity contribution in [2.45, 2.75) is 39.3 Å². The van der Waals surface area contributed by atoms with E-state index in [9.17, 15) is 8.78 Å². The highest BCUT2D eigenvalue weighted by Crippen LogP contribution is 2.13. The molecule has 0 saturated heterocycles. The second kappa shape index (κ2) is 5.85. The molecular formula is C11H18F2N2. The van der Waals surface area contributed by atoms with E-state index in [0.717, 1.165) is 18.5 Å². The van der Waals surface area contributed by atoms with E-state index in [0.29, 0.717) is 0 Å². The standard InChI is InChI=1S/C11H18F2N2/c1-3-5-14-9(2)10-4-6-15(7-10)8-11(12)13/h4,6-7,9,11,14H,3,5,8H2,1-2H3. The highest BCUT2D eigenvalue weighted by Gasteiger charge is 2.08. The van der Waals surface area contributed by atoms with E-state index in [1.807, 2.05) is 13.0 Å². The summed E-state index contributed by atoms with van der Waals surface area (Å²) in [6.07, 6.45) is 2.26. The molecule has 1 atom stereocenters. The van der Waals surface area contributed by atoms with Gasteiger partial charge in [-0.05, 0) is 31.5 Å². The molecule has 1 heterocycles. The summed E-state index contributed by atoms with van der Waals surface area (Å²) >= 11 is 0. The van der Waals surface area contributed by atoms with Crippen LogP contribution in [0.1, 0.15) is 31.9 Å². The Kier molecular flexibility index (Phi) is 4.75. The lowest BCUT2D eigenvalue weighted by molar-refractivity contribution is 0.126. The van der Waals surface area contributed by atoms with E-state index in [-0.39, 0.29) is 12.6 Å². The van der Waals surface area contributed by atoms with Gasteiger partial charge in [-0.2, -0.15) is 0 Å². The third kappa shape index (κ3) is 4.00. The number of halogens is 2. The fraction of sp³-hybridized carbons (Fsp3) is 0.636. The summed E-state index contributed by atoms with van der Waals surface area (Å²) in [5.74, 6) is 0. The largest absolute Gasteiger partial charge is 0.348 e. The Morgan fingerprint density at radius 2 is 2.20 bits per heavy atom. The van der Waals surface area contributed by atoms with E-state index in [4.69, 9.17) is 0 Å². The Morgan fingerprint density at radius 1 is 1.47 bits per heavy atom. The Labute approximate surface area is 89.3 Å². The number of nitrogens with zero attached hydrogens (tertiary/aromatic N) is 1. The zero-order chi connectivity index (χ0) is 11.3. The van der Waals surface area contributed by atoms with Crippen molar-refractivity contribution in [3.63, 3.8) is 0 Å². The van der Waals surface area contributed by atoms with Crippen LogP contribution in [-0.2, 0) is 6.54 Å². The molecule has 0 saturated carbocycles. The van der Waals surface area contributed by atoms with Gasteiger partial charge in [-0.1, -0.05) is 6.92 Å². The average Bonchev–Trinajstić information content (AvgIpc) is 2.61. The van der Waals surface area contributed by atoms with Gasteiger partial charge in [0, 0.05) is 18.4 Å². The van der Waals surface area contributed by atoms with Gasteiger partial charge in [0.25, 0.3) is 6.43 Å². The van der Waals surface area contributed by atoms with Gasteiger partial charge < -0.3 is 9.88 Å². The van der Waals surface area contributed by atoms with Crippen LogP contribution >= 0.6 is 0 Å². The zero-order valence-corrected chi connectivity index (χ0v) is 9.21. The second-order valence-corrected chi connectivity index (χ2v) is 3.71. The van der Waals surface area contributed by atoms with E-state index in [1.165, 1.54) is 4.57 Å². The van der Waals surface area contributed by atoms with Crippen molar-refractivity contribution in [3.05, 3.63) is 24.0 Å². The van der Waals surface area contributed by atoms with Crippen molar-refractivity contribution in [3.8, 4) is 0 Å². The molecule has 2 nitrogen and oxygen atoms in total. The van der Waals surface area contributed by atoms with Crippen LogP contribution in [0.25, 0.3) is 0 Å². The van der Waals surface area contributed by atoms with E-state index in [1.54, 1.807) is 12.4 Å². The highest BCUT2D eigenvalue weighted by atomic mass is 19.3. The average molecular weight is 216 g/mol. The number of nitrogens with one attached hydrogen (secondary N) is 1. The maximum absolute atomic E-state index is 12.1. The van der Waals surface area contributed by atoms with Crippen molar-refractivity contribution in [1.82, 2.24) is 9.88 Å². The Hall–Kier alpha value is -0.900.